The first-order valence-electron chi connectivity index (χ1n) is 15.1. The summed E-state index contributed by atoms with van der Waals surface area (Å²) in [5.41, 5.74) is 15.9. The molecule has 4 aromatic rings. The number of nitrogens with two attached hydrogens (primary N) is 2. The first-order chi connectivity index (χ1) is 21.9. The number of hydrogen-bond donors (Lipinski definition) is 5. The van der Waals surface area contributed by atoms with Crippen LogP contribution in [0.25, 0.3) is 0 Å². The zero-order valence-corrected chi connectivity index (χ0v) is 25.9. The van der Waals surface area contributed by atoms with Crippen LogP contribution in [0.3, 0.4) is 0 Å². The van der Waals surface area contributed by atoms with Crippen LogP contribution in [0, 0.1) is 0 Å². The molecule has 4 rings (SSSR count). The van der Waals surface area contributed by atoms with Gasteiger partial charge in [0.05, 0.1) is 14.2 Å². The van der Waals surface area contributed by atoms with Gasteiger partial charge in [-0.3, -0.25) is 9.79 Å². The standard InChI is InChI=1S/C36H43N5O4/c1-44-30-19-15-26(16-20-30)23-25-39-34(43)33(42)32(37)14-9-24-40-35(38)41-36(27-10-5-3-6-11-27,28-12-7-4-8-13-28)29-17-21-31(45-2)22-18-29/h3-8,10-13,15-22,32-33,42H,9,14,23-25,37H2,1-2H3,(H,39,43)(H3,38,40,41)/t32-,33?/m0/s1. The van der Waals surface area contributed by atoms with Gasteiger partial charge in [-0.15, -0.1) is 0 Å². The second-order valence-corrected chi connectivity index (χ2v) is 10.7. The third-order valence-corrected chi connectivity index (χ3v) is 7.78. The van der Waals surface area contributed by atoms with E-state index < -0.39 is 23.6 Å². The number of nitrogens with zero attached hydrogens (tertiary/aromatic N) is 1. The summed E-state index contributed by atoms with van der Waals surface area (Å²) in [4.78, 5) is 17.1. The molecule has 0 aliphatic carbocycles. The zero-order valence-electron chi connectivity index (χ0n) is 25.9. The Morgan fingerprint density at radius 2 is 1.33 bits per heavy atom. The van der Waals surface area contributed by atoms with Gasteiger partial charge >= 0.3 is 0 Å². The molecule has 0 aliphatic rings. The number of carbonyl (C=O) groups is 1. The van der Waals surface area contributed by atoms with E-state index in [1.54, 1.807) is 14.2 Å². The zero-order chi connectivity index (χ0) is 32.1. The Kier molecular flexibility index (Phi) is 12.0. The van der Waals surface area contributed by atoms with Crippen LogP contribution in [0.2, 0.25) is 0 Å². The molecular weight excluding hydrogens is 566 g/mol. The minimum absolute atomic E-state index is 0.254. The van der Waals surface area contributed by atoms with Crippen molar-refractivity contribution in [2.75, 3.05) is 27.3 Å². The number of aliphatic imine (C=N–C) groups is 1. The maximum atomic E-state index is 12.5. The lowest BCUT2D eigenvalue weighted by Crippen LogP contribution is -2.50. The fraction of sp³-hybridized carbons (Fsp3) is 0.278. The Bertz CT molecular complexity index is 1460. The van der Waals surface area contributed by atoms with Gasteiger partial charge in [0, 0.05) is 19.1 Å². The van der Waals surface area contributed by atoms with Crippen molar-refractivity contribution in [3.63, 3.8) is 0 Å². The van der Waals surface area contributed by atoms with Crippen molar-refractivity contribution in [3.05, 3.63) is 131 Å². The van der Waals surface area contributed by atoms with Gasteiger partial charge in [-0.05, 0) is 65.8 Å². The molecule has 0 spiro atoms. The van der Waals surface area contributed by atoms with E-state index in [2.05, 4.69) is 39.9 Å². The number of nitrogens with one attached hydrogen (secondary N) is 2. The highest BCUT2D eigenvalue weighted by Crippen LogP contribution is 2.37. The molecule has 45 heavy (non-hydrogen) atoms. The molecule has 1 unspecified atom stereocenters. The number of benzene rings is 4. The van der Waals surface area contributed by atoms with E-state index in [0.717, 1.165) is 33.8 Å². The number of hydrogen-bond acceptors (Lipinski definition) is 6. The molecule has 236 valence electrons. The molecule has 0 saturated heterocycles. The van der Waals surface area contributed by atoms with Crippen LogP contribution in [0.1, 0.15) is 35.1 Å². The second kappa shape index (κ2) is 16.3. The lowest BCUT2D eigenvalue weighted by atomic mass is 9.77. The van der Waals surface area contributed by atoms with Crippen LogP contribution in [0.5, 0.6) is 11.5 Å². The number of methoxy groups -OCH3 is 2. The number of ether oxygens (including phenoxy) is 2. The second-order valence-electron chi connectivity index (χ2n) is 10.7. The van der Waals surface area contributed by atoms with Gasteiger partial charge in [0.2, 0.25) is 5.91 Å². The molecule has 0 radical (unpaired) electrons. The predicted molar refractivity (Wildman–Crippen MR) is 178 cm³/mol. The molecule has 2 atom stereocenters. The third kappa shape index (κ3) is 8.62. The largest absolute Gasteiger partial charge is 0.497 e. The number of aliphatic hydroxyl groups excluding tert-OH is 1. The van der Waals surface area contributed by atoms with Crippen molar-refractivity contribution in [3.8, 4) is 11.5 Å². The first-order valence-corrected chi connectivity index (χ1v) is 15.1. The van der Waals surface area contributed by atoms with Crippen molar-refractivity contribution in [2.45, 2.75) is 36.9 Å². The van der Waals surface area contributed by atoms with Gasteiger partial charge in [-0.1, -0.05) is 84.9 Å². The summed E-state index contributed by atoms with van der Waals surface area (Å²) in [5.74, 6) is 1.29. The van der Waals surface area contributed by atoms with Crippen molar-refractivity contribution in [2.24, 2.45) is 16.5 Å². The van der Waals surface area contributed by atoms with Crippen LogP contribution in [0.4, 0.5) is 0 Å². The summed E-state index contributed by atoms with van der Waals surface area (Å²) in [6, 6.07) is 34.9. The molecule has 0 fully saturated rings. The van der Waals surface area contributed by atoms with Crippen LogP contribution in [-0.2, 0) is 16.8 Å². The molecule has 1 amide bonds. The summed E-state index contributed by atoms with van der Waals surface area (Å²) in [6.07, 6.45) is 0.235. The fourth-order valence-corrected chi connectivity index (χ4v) is 5.27. The molecule has 0 aromatic heterocycles. The highest BCUT2D eigenvalue weighted by atomic mass is 16.5. The van der Waals surface area contributed by atoms with E-state index in [1.807, 2.05) is 84.9 Å². The number of guanidine groups is 1. The highest BCUT2D eigenvalue weighted by Gasteiger charge is 2.37. The van der Waals surface area contributed by atoms with Crippen LogP contribution in [-0.4, -0.2) is 56.4 Å². The number of amides is 1. The topological polar surface area (TPSA) is 144 Å². The van der Waals surface area contributed by atoms with Crippen molar-refractivity contribution >= 4 is 11.9 Å². The average molecular weight is 610 g/mol. The smallest absolute Gasteiger partial charge is 0.250 e. The number of rotatable bonds is 15. The number of carbonyl (C=O) groups excluding carboxylic acids is 1. The lowest BCUT2D eigenvalue weighted by Gasteiger charge is -2.37. The summed E-state index contributed by atoms with van der Waals surface area (Å²) >= 11 is 0. The monoisotopic (exact) mass is 609 g/mol. The fourth-order valence-electron chi connectivity index (χ4n) is 5.27. The number of aliphatic hydroxyl groups is 1. The Morgan fingerprint density at radius 1 is 0.822 bits per heavy atom. The van der Waals surface area contributed by atoms with Crippen LogP contribution < -0.4 is 31.6 Å². The van der Waals surface area contributed by atoms with Gasteiger partial charge < -0.3 is 36.7 Å². The lowest BCUT2D eigenvalue weighted by molar-refractivity contribution is -0.130. The Labute approximate surface area is 265 Å². The van der Waals surface area contributed by atoms with Gasteiger partial charge in [-0.2, -0.15) is 0 Å². The minimum atomic E-state index is -1.32. The van der Waals surface area contributed by atoms with Gasteiger partial charge in [0.25, 0.3) is 0 Å². The molecule has 4 aromatic carbocycles. The van der Waals surface area contributed by atoms with Crippen molar-refractivity contribution in [1.82, 2.24) is 10.6 Å². The quantitative estimate of drug-likeness (QED) is 0.0598. The van der Waals surface area contributed by atoms with E-state index in [9.17, 15) is 9.90 Å². The van der Waals surface area contributed by atoms with Crippen LogP contribution in [0.15, 0.2) is 114 Å². The molecule has 0 saturated carbocycles. The van der Waals surface area contributed by atoms with Gasteiger partial charge in [0.15, 0.2) is 5.96 Å². The van der Waals surface area contributed by atoms with E-state index in [1.165, 1.54) is 0 Å². The molecule has 9 heteroatoms. The maximum absolute atomic E-state index is 12.5. The third-order valence-electron chi connectivity index (χ3n) is 7.78. The van der Waals surface area contributed by atoms with E-state index in [0.29, 0.717) is 32.4 Å². The highest BCUT2D eigenvalue weighted by molar-refractivity contribution is 5.81. The normalized spacial score (nSPS) is 13.0. The molecule has 7 N–H and O–H groups in total. The van der Waals surface area contributed by atoms with Crippen LogP contribution >= 0.6 is 0 Å². The predicted octanol–water partition coefficient (Wildman–Crippen LogP) is 3.73. The first kappa shape index (κ1) is 33.0. The maximum Gasteiger partial charge on any atom is 0.250 e. The average Bonchev–Trinajstić information content (AvgIpc) is 3.09. The molecule has 0 aliphatic heterocycles. The van der Waals surface area contributed by atoms with Gasteiger partial charge in [-0.25, -0.2) is 0 Å². The summed E-state index contributed by atoms with van der Waals surface area (Å²) in [5, 5.41) is 16.8. The minimum Gasteiger partial charge on any atom is -0.497 e. The van der Waals surface area contributed by atoms with E-state index >= 15 is 0 Å². The SMILES string of the molecule is COc1ccc(CCNC(=O)C(O)[C@@H](N)CCCN=C(N)NC(c2ccccc2)(c2ccccc2)c2ccc(OC)cc2)cc1. The van der Waals surface area contributed by atoms with Gasteiger partial charge in [0.1, 0.15) is 23.1 Å². The summed E-state index contributed by atoms with van der Waals surface area (Å²) in [7, 11) is 3.26. The summed E-state index contributed by atoms with van der Waals surface area (Å²) < 4.78 is 10.6. The van der Waals surface area contributed by atoms with E-state index in [4.69, 9.17) is 20.9 Å². The Hall–Kier alpha value is -4.86. The molecule has 0 heterocycles. The van der Waals surface area contributed by atoms with E-state index in [-0.39, 0.29) is 5.96 Å². The molecular formula is C36H43N5O4. The molecule has 0 bridgehead atoms. The van der Waals surface area contributed by atoms with Crippen molar-refractivity contribution in [1.29, 1.82) is 0 Å². The Morgan fingerprint density at radius 3 is 1.87 bits per heavy atom. The Balaban J connectivity index is 1.39. The summed E-state index contributed by atoms with van der Waals surface area (Å²) in [6.45, 7) is 0.751. The molecule has 9 nitrogen and oxygen atoms in total. The van der Waals surface area contributed by atoms with Crippen molar-refractivity contribution < 1.29 is 19.4 Å².